The first-order valence-corrected chi connectivity index (χ1v) is 10.4. The average Bonchev–Trinajstić information content (AvgIpc) is 2.96. The fourth-order valence-electron chi connectivity index (χ4n) is 4.97. The molecule has 1 aliphatic carbocycles. The fourth-order valence-corrected chi connectivity index (χ4v) is 4.97. The summed E-state index contributed by atoms with van der Waals surface area (Å²) in [6, 6.07) is 5.19. The highest BCUT2D eigenvalue weighted by molar-refractivity contribution is 6.54. The van der Waals surface area contributed by atoms with Gasteiger partial charge in [-0.3, -0.25) is 9.59 Å². The van der Waals surface area contributed by atoms with E-state index >= 15 is 0 Å². The van der Waals surface area contributed by atoms with Gasteiger partial charge in [-0.25, -0.2) is 4.79 Å². The molecule has 7 nitrogen and oxygen atoms in total. The van der Waals surface area contributed by atoms with Crippen LogP contribution in [0.2, 0.25) is 0 Å². The minimum absolute atomic E-state index is 0.0415. The van der Waals surface area contributed by atoms with Gasteiger partial charge in [0.05, 0.1) is 18.0 Å². The van der Waals surface area contributed by atoms with Crippen molar-refractivity contribution in [1.29, 1.82) is 0 Å². The molecule has 0 saturated carbocycles. The number of piperidine rings is 1. The molecule has 30 heavy (non-hydrogen) atoms. The molecule has 1 aliphatic heterocycles. The van der Waals surface area contributed by atoms with Crippen molar-refractivity contribution < 1.29 is 23.9 Å². The number of aromatic nitrogens is 1. The molecule has 160 valence electrons. The number of benzene rings is 1. The zero-order valence-electron chi connectivity index (χ0n) is 18.3. The first-order valence-electron chi connectivity index (χ1n) is 10.4. The Bertz CT molecular complexity index is 1050. The Kier molecular flexibility index (Phi) is 4.67. The number of rotatable bonds is 2. The third kappa shape index (κ3) is 2.99. The number of fused-ring (bicyclic) bond motifs is 1. The first kappa shape index (κ1) is 20.4. The molecule has 0 radical (unpaired) electrons. The standard InChI is InChI=1S/C23H28N2O5/c1-12-10-14(11-13(2)24(12)22(28)30-23(3,4)5)25-16-9-7-8-15-17(16)21(29-6)18(25)20(27)19(15)26/h7-9,12-14H,10-11H2,1-6H3. The van der Waals surface area contributed by atoms with E-state index in [1.54, 1.807) is 17.0 Å². The Labute approximate surface area is 175 Å². The zero-order chi connectivity index (χ0) is 22.0. The van der Waals surface area contributed by atoms with Crippen LogP contribution in [0, 0.1) is 0 Å². The second-order valence-electron chi connectivity index (χ2n) is 9.32. The smallest absolute Gasteiger partial charge is 0.410 e. The lowest BCUT2D eigenvalue weighted by Crippen LogP contribution is -2.51. The van der Waals surface area contributed by atoms with E-state index < -0.39 is 17.2 Å². The van der Waals surface area contributed by atoms with Gasteiger partial charge in [-0.05, 0) is 53.5 Å². The maximum Gasteiger partial charge on any atom is 0.410 e. The van der Waals surface area contributed by atoms with Gasteiger partial charge in [0.1, 0.15) is 11.3 Å². The number of hydrogen-bond donors (Lipinski definition) is 0. The van der Waals surface area contributed by atoms with E-state index in [4.69, 9.17) is 9.47 Å². The third-order valence-corrected chi connectivity index (χ3v) is 6.00. The van der Waals surface area contributed by atoms with Crippen LogP contribution >= 0.6 is 0 Å². The molecular weight excluding hydrogens is 384 g/mol. The van der Waals surface area contributed by atoms with Gasteiger partial charge in [0, 0.05) is 23.7 Å². The van der Waals surface area contributed by atoms with Gasteiger partial charge >= 0.3 is 6.09 Å². The first-order chi connectivity index (χ1) is 14.0. The van der Waals surface area contributed by atoms with Crippen molar-refractivity contribution >= 4 is 28.6 Å². The molecule has 2 aliphatic rings. The van der Waals surface area contributed by atoms with Gasteiger partial charge in [0.2, 0.25) is 5.78 Å². The normalized spacial score (nSPS) is 23.9. The Morgan fingerprint density at radius 2 is 1.70 bits per heavy atom. The van der Waals surface area contributed by atoms with E-state index in [0.29, 0.717) is 35.2 Å². The van der Waals surface area contributed by atoms with Gasteiger partial charge in [-0.15, -0.1) is 0 Å². The summed E-state index contributed by atoms with van der Waals surface area (Å²) in [5, 5.41) is 0.703. The molecule has 2 unspecified atom stereocenters. The minimum atomic E-state index is -0.563. The number of carbonyl (C=O) groups is 3. The molecule has 1 amide bonds. The summed E-state index contributed by atoms with van der Waals surface area (Å²) in [6.45, 7) is 9.55. The summed E-state index contributed by atoms with van der Waals surface area (Å²) >= 11 is 0. The van der Waals surface area contributed by atoms with Crippen LogP contribution in [-0.2, 0) is 4.74 Å². The lowest BCUT2D eigenvalue weighted by atomic mass is 9.92. The average molecular weight is 412 g/mol. The highest BCUT2D eigenvalue weighted by Crippen LogP contribution is 2.45. The van der Waals surface area contributed by atoms with E-state index in [2.05, 4.69) is 0 Å². The molecule has 1 aromatic carbocycles. The molecule has 4 rings (SSSR count). The van der Waals surface area contributed by atoms with Gasteiger partial charge in [0.25, 0.3) is 5.78 Å². The lowest BCUT2D eigenvalue weighted by molar-refractivity contribution is -0.00605. The van der Waals surface area contributed by atoms with Crippen molar-refractivity contribution in [1.82, 2.24) is 9.47 Å². The minimum Gasteiger partial charge on any atom is -0.494 e. The number of nitrogens with zero attached hydrogens (tertiary/aromatic N) is 2. The van der Waals surface area contributed by atoms with E-state index in [9.17, 15) is 14.4 Å². The van der Waals surface area contributed by atoms with Crippen LogP contribution in [0.25, 0.3) is 10.9 Å². The highest BCUT2D eigenvalue weighted by atomic mass is 16.6. The Hall–Kier alpha value is -2.83. The maximum absolute atomic E-state index is 12.9. The van der Waals surface area contributed by atoms with Gasteiger partial charge < -0.3 is 18.9 Å². The van der Waals surface area contributed by atoms with Gasteiger partial charge in [-0.2, -0.15) is 0 Å². The Morgan fingerprint density at radius 1 is 1.07 bits per heavy atom. The molecule has 1 fully saturated rings. The quantitative estimate of drug-likeness (QED) is 0.684. The highest BCUT2D eigenvalue weighted by Gasteiger charge is 2.42. The molecule has 0 spiro atoms. The summed E-state index contributed by atoms with van der Waals surface area (Å²) < 4.78 is 13.1. The van der Waals surface area contributed by atoms with Crippen molar-refractivity contribution in [3.05, 3.63) is 29.5 Å². The predicted molar refractivity (Wildman–Crippen MR) is 112 cm³/mol. The summed E-state index contributed by atoms with van der Waals surface area (Å²) in [5.74, 6) is -0.548. The lowest BCUT2D eigenvalue weighted by Gasteiger charge is -2.43. The molecule has 2 aromatic rings. The van der Waals surface area contributed by atoms with Crippen molar-refractivity contribution in [3.8, 4) is 5.75 Å². The van der Waals surface area contributed by atoms with Gasteiger partial charge in [0.15, 0.2) is 5.75 Å². The van der Waals surface area contributed by atoms with Crippen molar-refractivity contribution in [2.45, 2.75) is 71.2 Å². The Balaban J connectivity index is 1.74. The van der Waals surface area contributed by atoms with Crippen LogP contribution in [0.1, 0.15) is 74.3 Å². The fraction of sp³-hybridized carbons (Fsp3) is 0.522. The van der Waals surface area contributed by atoms with E-state index in [1.807, 2.05) is 45.3 Å². The number of likely N-dealkylation sites (tertiary alicyclic amines) is 1. The molecule has 2 heterocycles. The number of Topliss-reactive ketones (excluding diaryl/α,β-unsaturated/α-hetero) is 2. The van der Waals surface area contributed by atoms with Crippen LogP contribution in [0.5, 0.6) is 5.75 Å². The van der Waals surface area contributed by atoms with Crippen LogP contribution in [0.15, 0.2) is 18.2 Å². The third-order valence-electron chi connectivity index (χ3n) is 6.00. The van der Waals surface area contributed by atoms with Crippen molar-refractivity contribution in [2.24, 2.45) is 0 Å². The van der Waals surface area contributed by atoms with E-state index in [1.165, 1.54) is 7.11 Å². The molecule has 2 atom stereocenters. The van der Waals surface area contributed by atoms with E-state index in [0.717, 1.165) is 5.52 Å². The topological polar surface area (TPSA) is 77.8 Å². The van der Waals surface area contributed by atoms with Crippen LogP contribution < -0.4 is 4.74 Å². The number of ether oxygens (including phenoxy) is 2. The Morgan fingerprint density at radius 3 is 2.27 bits per heavy atom. The van der Waals surface area contributed by atoms with Crippen molar-refractivity contribution in [2.75, 3.05) is 7.11 Å². The van der Waals surface area contributed by atoms with Crippen LogP contribution in [0.4, 0.5) is 4.79 Å². The molecule has 2 bridgehead atoms. The predicted octanol–water partition coefficient (Wildman–Crippen LogP) is 4.38. The monoisotopic (exact) mass is 412 g/mol. The molecule has 1 aromatic heterocycles. The number of ketones is 2. The summed E-state index contributed by atoms with van der Waals surface area (Å²) in [5.41, 5.74) is 0.986. The largest absolute Gasteiger partial charge is 0.494 e. The number of carbonyl (C=O) groups excluding carboxylic acids is 3. The van der Waals surface area contributed by atoms with Crippen molar-refractivity contribution in [3.63, 3.8) is 0 Å². The number of methoxy groups -OCH3 is 1. The SMILES string of the molecule is COc1c2n(C3CC(C)N(C(=O)OC(C)(C)C)C(C)C3)c3cccc(c13)C(=O)C2=O. The molecule has 7 heteroatoms. The van der Waals surface area contributed by atoms with Crippen LogP contribution in [-0.4, -0.2) is 51.9 Å². The van der Waals surface area contributed by atoms with E-state index in [-0.39, 0.29) is 24.2 Å². The maximum atomic E-state index is 12.9. The summed E-state index contributed by atoms with van der Waals surface area (Å²) in [7, 11) is 1.53. The van der Waals surface area contributed by atoms with Crippen LogP contribution in [0.3, 0.4) is 0 Å². The zero-order valence-corrected chi connectivity index (χ0v) is 18.3. The summed E-state index contributed by atoms with van der Waals surface area (Å²) in [4.78, 5) is 40.1. The molecule has 1 saturated heterocycles. The van der Waals surface area contributed by atoms with Gasteiger partial charge in [-0.1, -0.05) is 12.1 Å². The number of hydrogen-bond acceptors (Lipinski definition) is 5. The second kappa shape index (κ2) is 6.86. The number of amides is 1. The molecule has 0 N–H and O–H groups in total. The summed E-state index contributed by atoms with van der Waals surface area (Å²) in [6.07, 6.45) is 0.971. The second-order valence-corrected chi connectivity index (χ2v) is 9.32. The molecular formula is C23H28N2O5.